The molecule has 154 valence electrons. The van der Waals surface area contributed by atoms with E-state index in [0.717, 1.165) is 11.1 Å². The van der Waals surface area contributed by atoms with Crippen molar-refractivity contribution in [2.45, 2.75) is 26.9 Å². The number of carbonyl (C=O) groups is 1. The summed E-state index contributed by atoms with van der Waals surface area (Å²) in [6.07, 6.45) is 6.21. The Kier molecular flexibility index (Phi) is 7.63. The fraction of sp³-hybridized carbons (Fsp3) is 0.200. The SMILES string of the molecule is CC(=O)C[C@@H](C)/C=C/c1ccc(Oc2ccc(OCc3ccccc3)cc2Cl)nc1. The van der Waals surface area contributed by atoms with Crippen molar-refractivity contribution >= 4 is 23.5 Å². The molecule has 30 heavy (non-hydrogen) atoms. The first-order valence-electron chi connectivity index (χ1n) is 9.77. The van der Waals surface area contributed by atoms with Gasteiger partial charge in [0.2, 0.25) is 5.88 Å². The van der Waals surface area contributed by atoms with E-state index in [2.05, 4.69) is 4.98 Å². The van der Waals surface area contributed by atoms with Gasteiger partial charge in [-0.05, 0) is 42.2 Å². The molecule has 0 aliphatic heterocycles. The van der Waals surface area contributed by atoms with Crippen molar-refractivity contribution in [2.24, 2.45) is 5.92 Å². The third-order valence-corrected chi connectivity index (χ3v) is 4.65. The molecular weight excluding hydrogens is 398 g/mol. The number of hydrogen-bond acceptors (Lipinski definition) is 4. The van der Waals surface area contributed by atoms with Crippen LogP contribution in [-0.2, 0) is 11.4 Å². The smallest absolute Gasteiger partial charge is 0.219 e. The van der Waals surface area contributed by atoms with Gasteiger partial charge < -0.3 is 14.3 Å². The van der Waals surface area contributed by atoms with Gasteiger partial charge in [-0.2, -0.15) is 0 Å². The molecule has 0 spiro atoms. The van der Waals surface area contributed by atoms with Crippen LogP contribution in [-0.4, -0.2) is 10.8 Å². The Labute approximate surface area is 182 Å². The van der Waals surface area contributed by atoms with Gasteiger partial charge in [0.05, 0.1) is 5.02 Å². The maximum Gasteiger partial charge on any atom is 0.219 e. The monoisotopic (exact) mass is 421 g/mol. The Balaban J connectivity index is 1.58. The van der Waals surface area contributed by atoms with E-state index < -0.39 is 0 Å². The number of hydrogen-bond donors (Lipinski definition) is 0. The Morgan fingerprint density at radius 2 is 1.93 bits per heavy atom. The maximum absolute atomic E-state index is 11.2. The fourth-order valence-electron chi connectivity index (χ4n) is 2.86. The number of rotatable bonds is 9. The maximum atomic E-state index is 11.2. The zero-order valence-corrected chi connectivity index (χ0v) is 17.8. The van der Waals surface area contributed by atoms with Crippen LogP contribution in [0.2, 0.25) is 5.02 Å². The Bertz CT molecular complexity index is 1000. The van der Waals surface area contributed by atoms with Gasteiger partial charge in [0.25, 0.3) is 0 Å². The third-order valence-electron chi connectivity index (χ3n) is 4.35. The largest absolute Gasteiger partial charge is 0.489 e. The summed E-state index contributed by atoms with van der Waals surface area (Å²) in [6, 6.07) is 18.9. The van der Waals surface area contributed by atoms with E-state index in [1.54, 1.807) is 31.3 Å². The summed E-state index contributed by atoms with van der Waals surface area (Å²) >= 11 is 6.35. The van der Waals surface area contributed by atoms with Crippen molar-refractivity contribution in [3.63, 3.8) is 0 Å². The molecule has 1 aromatic heterocycles. The van der Waals surface area contributed by atoms with Gasteiger partial charge in [-0.25, -0.2) is 4.98 Å². The molecule has 0 unspecified atom stereocenters. The zero-order valence-electron chi connectivity index (χ0n) is 17.0. The number of ketones is 1. The summed E-state index contributed by atoms with van der Waals surface area (Å²) in [5.74, 6) is 2.00. The highest BCUT2D eigenvalue weighted by Gasteiger charge is 2.07. The second-order valence-corrected chi connectivity index (χ2v) is 7.55. The second kappa shape index (κ2) is 10.6. The molecule has 1 heterocycles. The van der Waals surface area contributed by atoms with Crippen LogP contribution in [0.25, 0.3) is 6.08 Å². The van der Waals surface area contributed by atoms with Gasteiger partial charge in [-0.15, -0.1) is 0 Å². The van der Waals surface area contributed by atoms with Crippen LogP contribution in [0.4, 0.5) is 0 Å². The van der Waals surface area contributed by atoms with Crippen molar-refractivity contribution < 1.29 is 14.3 Å². The van der Waals surface area contributed by atoms with Gasteiger partial charge >= 0.3 is 0 Å². The fourth-order valence-corrected chi connectivity index (χ4v) is 3.06. The number of benzene rings is 2. The molecular formula is C25H24ClNO3. The van der Waals surface area contributed by atoms with Crippen molar-refractivity contribution in [3.05, 3.63) is 89.1 Å². The highest BCUT2D eigenvalue weighted by atomic mass is 35.5. The molecule has 0 bridgehead atoms. The lowest BCUT2D eigenvalue weighted by atomic mass is 10.0. The topological polar surface area (TPSA) is 48.4 Å². The number of nitrogens with zero attached hydrogens (tertiary/aromatic N) is 1. The molecule has 0 aliphatic rings. The van der Waals surface area contributed by atoms with Crippen LogP contribution in [0.3, 0.4) is 0 Å². The number of allylic oxidation sites excluding steroid dienone is 1. The lowest BCUT2D eigenvalue weighted by molar-refractivity contribution is -0.117. The lowest BCUT2D eigenvalue weighted by Crippen LogP contribution is -1.97. The number of pyridine rings is 1. The van der Waals surface area contributed by atoms with Crippen molar-refractivity contribution in [1.29, 1.82) is 0 Å². The minimum absolute atomic E-state index is 0.183. The van der Waals surface area contributed by atoms with E-state index in [4.69, 9.17) is 21.1 Å². The first-order valence-corrected chi connectivity index (χ1v) is 10.2. The molecule has 2 aromatic carbocycles. The molecule has 3 rings (SSSR count). The Morgan fingerprint density at radius 1 is 1.13 bits per heavy atom. The van der Waals surface area contributed by atoms with Gasteiger partial charge in [0, 0.05) is 24.8 Å². The molecule has 0 saturated carbocycles. The van der Waals surface area contributed by atoms with Gasteiger partial charge in [0.1, 0.15) is 23.9 Å². The van der Waals surface area contributed by atoms with E-state index in [-0.39, 0.29) is 11.7 Å². The number of aromatic nitrogens is 1. The first-order chi connectivity index (χ1) is 14.5. The number of ether oxygens (including phenoxy) is 2. The Hall–Kier alpha value is -3.11. The molecule has 4 nitrogen and oxygen atoms in total. The van der Waals surface area contributed by atoms with Crippen LogP contribution in [0.15, 0.2) is 72.9 Å². The molecule has 3 aromatic rings. The predicted octanol–water partition coefficient (Wildman–Crippen LogP) is 6.73. The molecule has 0 fully saturated rings. The third kappa shape index (κ3) is 6.75. The van der Waals surface area contributed by atoms with Crippen molar-refractivity contribution in [2.75, 3.05) is 0 Å². The summed E-state index contributed by atoms with van der Waals surface area (Å²) in [5, 5.41) is 0.449. The van der Waals surface area contributed by atoms with Crippen LogP contribution >= 0.6 is 11.6 Å². The second-order valence-electron chi connectivity index (χ2n) is 7.14. The minimum atomic E-state index is 0.183. The van der Waals surface area contributed by atoms with E-state index in [9.17, 15) is 4.79 Å². The summed E-state index contributed by atoms with van der Waals surface area (Å²) in [6.45, 7) is 4.09. The van der Waals surface area contributed by atoms with Crippen LogP contribution in [0.5, 0.6) is 17.4 Å². The van der Waals surface area contributed by atoms with Crippen LogP contribution < -0.4 is 9.47 Å². The molecule has 0 saturated heterocycles. The van der Waals surface area contributed by atoms with Gasteiger partial charge in [-0.1, -0.05) is 61.0 Å². The Morgan fingerprint density at radius 3 is 2.60 bits per heavy atom. The average Bonchev–Trinajstić information content (AvgIpc) is 2.74. The van der Waals surface area contributed by atoms with E-state index in [0.29, 0.717) is 35.4 Å². The predicted molar refractivity (Wildman–Crippen MR) is 120 cm³/mol. The summed E-state index contributed by atoms with van der Waals surface area (Å²) in [7, 11) is 0. The summed E-state index contributed by atoms with van der Waals surface area (Å²) < 4.78 is 11.6. The minimum Gasteiger partial charge on any atom is -0.489 e. The van der Waals surface area contributed by atoms with E-state index in [1.807, 2.05) is 61.5 Å². The molecule has 1 atom stereocenters. The number of Topliss-reactive ketones (excluding diaryl/α,β-unsaturated/α-hetero) is 1. The normalized spacial score (nSPS) is 12.0. The molecule has 5 heteroatoms. The summed E-state index contributed by atoms with van der Waals surface area (Å²) in [5.41, 5.74) is 2.02. The quantitative estimate of drug-likeness (QED) is 0.384. The molecule has 0 amide bonds. The van der Waals surface area contributed by atoms with Crippen LogP contribution in [0, 0.1) is 5.92 Å². The molecule has 0 radical (unpaired) electrons. The van der Waals surface area contributed by atoms with Gasteiger partial charge in [-0.3, -0.25) is 0 Å². The van der Waals surface area contributed by atoms with Crippen molar-refractivity contribution in [1.82, 2.24) is 4.98 Å². The average molecular weight is 422 g/mol. The van der Waals surface area contributed by atoms with Gasteiger partial charge in [0.15, 0.2) is 0 Å². The number of carbonyl (C=O) groups excluding carboxylic acids is 1. The summed E-state index contributed by atoms with van der Waals surface area (Å²) in [4.78, 5) is 15.5. The molecule has 0 aliphatic carbocycles. The first kappa shape index (κ1) is 21.6. The molecule has 0 N–H and O–H groups in total. The highest BCUT2D eigenvalue weighted by molar-refractivity contribution is 6.32. The number of halogens is 1. The standard InChI is InChI=1S/C25H24ClNO3/c1-18(14-19(2)28)8-9-20-10-13-25(27-16-20)30-24-12-11-22(15-23(24)26)29-17-21-6-4-3-5-7-21/h3-13,15-16,18H,14,17H2,1-2H3/b9-8+/t18-/m0/s1. The zero-order chi connectivity index (χ0) is 21.3. The van der Waals surface area contributed by atoms with Crippen molar-refractivity contribution in [3.8, 4) is 17.4 Å². The lowest BCUT2D eigenvalue weighted by Gasteiger charge is -2.10. The highest BCUT2D eigenvalue weighted by Crippen LogP contribution is 2.32. The van der Waals surface area contributed by atoms with Crippen LogP contribution in [0.1, 0.15) is 31.4 Å². The van der Waals surface area contributed by atoms with E-state index in [1.165, 1.54) is 0 Å². The van der Waals surface area contributed by atoms with E-state index >= 15 is 0 Å².